The van der Waals surface area contributed by atoms with E-state index in [4.69, 9.17) is 4.74 Å². The fraction of sp³-hybridized carbons (Fsp3) is 0.333. The molecule has 9 heteroatoms. The fourth-order valence-electron chi connectivity index (χ4n) is 3.61. The summed E-state index contributed by atoms with van der Waals surface area (Å²) in [5.74, 6) is 1.10. The van der Waals surface area contributed by atoms with E-state index in [9.17, 15) is 13.2 Å². The third-order valence-corrected chi connectivity index (χ3v) is 6.96. The summed E-state index contributed by atoms with van der Waals surface area (Å²) in [6.07, 6.45) is 5.36. The van der Waals surface area contributed by atoms with Crippen molar-refractivity contribution < 1.29 is 17.9 Å². The number of carbonyl (C=O) groups excluding carboxylic acids is 1. The SMILES string of the molecule is COc1ccc(C(=O)Nc2cccc(Cn3ccnc3C(C)C)c2)cc1S(=O)(=O)NC1CC1. The predicted molar refractivity (Wildman–Crippen MR) is 126 cm³/mol. The summed E-state index contributed by atoms with van der Waals surface area (Å²) < 4.78 is 35.4. The summed E-state index contributed by atoms with van der Waals surface area (Å²) in [6, 6.07) is 11.9. The third kappa shape index (κ3) is 5.43. The standard InChI is InChI=1S/C24H28N4O4S/c1-16(2)23-25-11-12-28(23)15-17-5-4-6-20(13-17)26-24(29)18-7-10-21(32-3)22(14-18)33(30,31)27-19-8-9-19/h4-7,10-14,16,19,27H,8-9,15H2,1-3H3,(H,26,29). The Morgan fingerprint density at radius 1 is 1.21 bits per heavy atom. The van der Waals surface area contributed by atoms with Crippen molar-refractivity contribution in [3.8, 4) is 5.75 Å². The van der Waals surface area contributed by atoms with Gasteiger partial charge in [-0.2, -0.15) is 0 Å². The highest BCUT2D eigenvalue weighted by Gasteiger charge is 2.30. The van der Waals surface area contributed by atoms with Crippen molar-refractivity contribution in [3.63, 3.8) is 0 Å². The molecule has 4 rings (SSSR count). The van der Waals surface area contributed by atoms with Crippen molar-refractivity contribution >= 4 is 21.6 Å². The molecule has 0 bridgehead atoms. The molecule has 1 amide bonds. The molecule has 2 aromatic carbocycles. The lowest BCUT2D eigenvalue weighted by molar-refractivity contribution is 0.102. The Hall–Kier alpha value is -3.17. The molecule has 1 aliphatic carbocycles. The number of anilines is 1. The largest absolute Gasteiger partial charge is 0.495 e. The van der Waals surface area contributed by atoms with Crippen molar-refractivity contribution in [3.05, 3.63) is 71.8 Å². The minimum Gasteiger partial charge on any atom is -0.495 e. The maximum Gasteiger partial charge on any atom is 0.255 e. The van der Waals surface area contributed by atoms with Gasteiger partial charge >= 0.3 is 0 Å². The van der Waals surface area contributed by atoms with Crippen LogP contribution < -0.4 is 14.8 Å². The number of imidazole rings is 1. The molecule has 0 unspecified atom stereocenters. The van der Waals surface area contributed by atoms with Crippen LogP contribution in [-0.2, 0) is 16.6 Å². The van der Waals surface area contributed by atoms with E-state index in [0.717, 1.165) is 24.2 Å². The number of methoxy groups -OCH3 is 1. The molecule has 33 heavy (non-hydrogen) atoms. The minimum absolute atomic E-state index is 0.0420. The summed E-state index contributed by atoms with van der Waals surface area (Å²) in [5, 5.41) is 2.86. The van der Waals surface area contributed by atoms with Crippen LogP contribution in [0.5, 0.6) is 5.75 Å². The Kier molecular flexibility index (Phi) is 6.53. The Labute approximate surface area is 194 Å². The van der Waals surface area contributed by atoms with Gasteiger partial charge < -0.3 is 14.6 Å². The molecule has 0 radical (unpaired) electrons. The number of amides is 1. The van der Waals surface area contributed by atoms with Crippen molar-refractivity contribution in [2.75, 3.05) is 12.4 Å². The molecule has 0 atom stereocenters. The van der Waals surface area contributed by atoms with Crippen LogP contribution in [-0.4, -0.2) is 37.0 Å². The number of hydrogen-bond donors (Lipinski definition) is 2. The number of aromatic nitrogens is 2. The van der Waals surface area contributed by atoms with Gasteiger partial charge in [0, 0.05) is 42.1 Å². The Balaban J connectivity index is 1.53. The fourth-order valence-corrected chi connectivity index (χ4v) is 5.11. The first-order valence-corrected chi connectivity index (χ1v) is 12.4. The van der Waals surface area contributed by atoms with Gasteiger partial charge in [0.2, 0.25) is 10.0 Å². The molecule has 174 valence electrons. The Morgan fingerprint density at radius 3 is 2.70 bits per heavy atom. The maximum absolute atomic E-state index is 12.9. The Bertz CT molecular complexity index is 1260. The lowest BCUT2D eigenvalue weighted by Gasteiger charge is -2.13. The van der Waals surface area contributed by atoms with E-state index in [0.29, 0.717) is 18.2 Å². The van der Waals surface area contributed by atoms with Crippen LogP contribution in [0.15, 0.2) is 59.8 Å². The van der Waals surface area contributed by atoms with Gasteiger partial charge in [0.05, 0.1) is 7.11 Å². The molecule has 1 aromatic heterocycles. The lowest BCUT2D eigenvalue weighted by Crippen LogP contribution is -2.26. The molecule has 1 saturated carbocycles. The highest BCUT2D eigenvalue weighted by atomic mass is 32.2. The van der Waals surface area contributed by atoms with Crippen LogP contribution in [0.2, 0.25) is 0 Å². The molecule has 8 nitrogen and oxygen atoms in total. The number of benzene rings is 2. The molecule has 1 heterocycles. The highest BCUT2D eigenvalue weighted by molar-refractivity contribution is 7.89. The smallest absolute Gasteiger partial charge is 0.255 e. The number of nitrogens with one attached hydrogen (secondary N) is 2. The average Bonchev–Trinajstić information content (AvgIpc) is 3.46. The average molecular weight is 469 g/mol. The topological polar surface area (TPSA) is 102 Å². The van der Waals surface area contributed by atoms with Gasteiger partial charge in [-0.15, -0.1) is 0 Å². The van der Waals surface area contributed by atoms with E-state index in [2.05, 4.69) is 33.4 Å². The normalized spacial score (nSPS) is 13.8. The number of ether oxygens (including phenoxy) is 1. The zero-order valence-corrected chi connectivity index (χ0v) is 19.7. The molecular formula is C24H28N4O4S. The van der Waals surface area contributed by atoms with Crippen molar-refractivity contribution in [1.29, 1.82) is 0 Å². The first kappa shape index (κ1) is 23.0. The van der Waals surface area contributed by atoms with Crippen molar-refractivity contribution in [1.82, 2.24) is 14.3 Å². The first-order valence-electron chi connectivity index (χ1n) is 10.9. The maximum atomic E-state index is 12.9. The summed E-state index contributed by atoms with van der Waals surface area (Å²) in [6.45, 7) is 4.83. The van der Waals surface area contributed by atoms with E-state index in [1.165, 1.54) is 19.2 Å². The van der Waals surface area contributed by atoms with E-state index < -0.39 is 15.9 Å². The monoisotopic (exact) mass is 468 g/mol. The number of rotatable bonds is 9. The zero-order chi connectivity index (χ0) is 23.6. The number of nitrogens with zero attached hydrogens (tertiary/aromatic N) is 2. The summed E-state index contributed by atoms with van der Waals surface area (Å²) in [7, 11) is -2.37. The number of sulfonamides is 1. The van der Waals surface area contributed by atoms with Crippen LogP contribution in [0, 0.1) is 0 Å². The molecule has 1 fully saturated rings. The van der Waals surface area contributed by atoms with Gasteiger partial charge in [0.15, 0.2) is 0 Å². The van der Waals surface area contributed by atoms with Crippen LogP contribution in [0.1, 0.15) is 54.4 Å². The second-order valence-electron chi connectivity index (χ2n) is 8.48. The van der Waals surface area contributed by atoms with Crippen molar-refractivity contribution in [2.24, 2.45) is 0 Å². The highest BCUT2D eigenvalue weighted by Crippen LogP contribution is 2.28. The Morgan fingerprint density at radius 2 is 2.00 bits per heavy atom. The van der Waals surface area contributed by atoms with Crippen LogP contribution >= 0.6 is 0 Å². The molecule has 3 aromatic rings. The van der Waals surface area contributed by atoms with E-state index in [1.807, 2.05) is 24.4 Å². The predicted octanol–water partition coefficient (Wildman–Crippen LogP) is 3.76. The molecule has 2 N–H and O–H groups in total. The number of hydrogen-bond acceptors (Lipinski definition) is 5. The molecule has 1 aliphatic rings. The summed E-state index contributed by atoms with van der Waals surface area (Å²) >= 11 is 0. The van der Waals surface area contributed by atoms with Crippen LogP contribution in [0.25, 0.3) is 0 Å². The van der Waals surface area contributed by atoms with Crippen LogP contribution in [0.3, 0.4) is 0 Å². The van der Waals surface area contributed by atoms with Gasteiger partial charge in [-0.3, -0.25) is 4.79 Å². The summed E-state index contributed by atoms with van der Waals surface area (Å²) in [5.41, 5.74) is 1.87. The van der Waals surface area contributed by atoms with Gasteiger partial charge in [-0.05, 0) is 48.7 Å². The zero-order valence-electron chi connectivity index (χ0n) is 18.9. The summed E-state index contributed by atoms with van der Waals surface area (Å²) in [4.78, 5) is 17.3. The lowest BCUT2D eigenvalue weighted by atomic mass is 10.1. The van der Waals surface area contributed by atoms with Gasteiger partial charge in [-0.25, -0.2) is 18.1 Å². The van der Waals surface area contributed by atoms with Gasteiger partial charge in [0.1, 0.15) is 16.5 Å². The molecule has 0 saturated heterocycles. The van der Waals surface area contributed by atoms with Crippen molar-refractivity contribution in [2.45, 2.75) is 50.1 Å². The number of carbonyl (C=O) groups is 1. The minimum atomic E-state index is -3.78. The first-order chi connectivity index (χ1) is 15.8. The molecule has 0 aliphatic heterocycles. The second-order valence-corrected chi connectivity index (χ2v) is 10.2. The molecular weight excluding hydrogens is 440 g/mol. The third-order valence-electron chi connectivity index (χ3n) is 5.42. The molecule has 0 spiro atoms. The van der Waals surface area contributed by atoms with Gasteiger partial charge in [0.25, 0.3) is 5.91 Å². The van der Waals surface area contributed by atoms with E-state index >= 15 is 0 Å². The van der Waals surface area contributed by atoms with E-state index in [1.54, 1.807) is 18.3 Å². The van der Waals surface area contributed by atoms with Gasteiger partial charge in [-0.1, -0.05) is 26.0 Å². The van der Waals surface area contributed by atoms with Crippen LogP contribution in [0.4, 0.5) is 5.69 Å². The second kappa shape index (κ2) is 9.36. The quantitative estimate of drug-likeness (QED) is 0.498. The van der Waals surface area contributed by atoms with E-state index in [-0.39, 0.29) is 22.3 Å².